The minimum Gasteiger partial charge on any atom is -0.399 e. The standard InChI is InChI=1S/C13H15ClN4O2S/c1-18(2)21(19,20)10-4-6-13(16-8-10)17-12-7-9(15)3-5-11(12)14/h3-8H,15H2,1-2H3,(H,16,17). The van der Waals surface area contributed by atoms with Crippen LogP contribution in [0, 0.1) is 0 Å². The number of nitrogens with one attached hydrogen (secondary N) is 1. The van der Waals surface area contributed by atoms with Crippen LogP contribution in [-0.4, -0.2) is 31.8 Å². The van der Waals surface area contributed by atoms with Crippen molar-refractivity contribution in [1.82, 2.24) is 9.29 Å². The third-order valence-corrected chi connectivity index (χ3v) is 4.90. The number of nitrogens with zero attached hydrogens (tertiary/aromatic N) is 2. The van der Waals surface area contributed by atoms with E-state index in [0.29, 0.717) is 22.2 Å². The number of hydrogen-bond acceptors (Lipinski definition) is 5. The van der Waals surface area contributed by atoms with Gasteiger partial charge in [-0.05, 0) is 30.3 Å². The van der Waals surface area contributed by atoms with E-state index in [2.05, 4.69) is 10.3 Å². The minimum absolute atomic E-state index is 0.122. The van der Waals surface area contributed by atoms with Crippen LogP contribution in [0.5, 0.6) is 0 Å². The molecule has 2 rings (SSSR count). The Balaban J connectivity index is 2.26. The van der Waals surface area contributed by atoms with E-state index in [1.807, 2.05) is 0 Å². The van der Waals surface area contributed by atoms with Crippen molar-refractivity contribution < 1.29 is 8.42 Å². The van der Waals surface area contributed by atoms with Crippen LogP contribution < -0.4 is 11.1 Å². The van der Waals surface area contributed by atoms with E-state index < -0.39 is 10.0 Å². The molecule has 112 valence electrons. The lowest BCUT2D eigenvalue weighted by atomic mass is 10.3. The van der Waals surface area contributed by atoms with Crippen molar-refractivity contribution in [1.29, 1.82) is 0 Å². The van der Waals surface area contributed by atoms with Crippen molar-refractivity contribution in [2.24, 2.45) is 0 Å². The number of pyridine rings is 1. The molecule has 1 heterocycles. The maximum Gasteiger partial charge on any atom is 0.244 e. The van der Waals surface area contributed by atoms with Gasteiger partial charge in [0.1, 0.15) is 10.7 Å². The quantitative estimate of drug-likeness (QED) is 0.842. The van der Waals surface area contributed by atoms with E-state index in [1.165, 1.54) is 26.4 Å². The predicted octanol–water partition coefficient (Wildman–Crippen LogP) is 2.31. The van der Waals surface area contributed by atoms with Gasteiger partial charge in [0.2, 0.25) is 10.0 Å². The van der Waals surface area contributed by atoms with Gasteiger partial charge in [-0.3, -0.25) is 0 Å². The fourth-order valence-corrected chi connectivity index (χ4v) is 2.61. The highest BCUT2D eigenvalue weighted by Crippen LogP contribution is 2.27. The SMILES string of the molecule is CN(C)S(=O)(=O)c1ccc(Nc2cc(N)ccc2Cl)nc1. The second-order valence-electron chi connectivity index (χ2n) is 4.53. The molecule has 0 radical (unpaired) electrons. The van der Waals surface area contributed by atoms with Crippen LogP contribution in [0.4, 0.5) is 17.2 Å². The number of anilines is 3. The molecule has 0 atom stereocenters. The summed E-state index contributed by atoms with van der Waals surface area (Å²) in [6, 6.07) is 8.08. The van der Waals surface area contributed by atoms with Gasteiger partial charge in [0, 0.05) is 26.0 Å². The molecule has 0 fully saturated rings. The molecule has 1 aromatic heterocycles. The van der Waals surface area contributed by atoms with Crippen molar-refractivity contribution in [3.63, 3.8) is 0 Å². The van der Waals surface area contributed by atoms with Crippen molar-refractivity contribution in [3.05, 3.63) is 41.6 Å². The summed E-state index contributed by atoms with van der Waals surface area (Å²) < 4.78 is 25.0. The Bertz CT molecular complexity index is 745. The van der Waals surface area contributed by atoms with E-state index in [1.54, 1.807) is 24.3 Å². The summed E-state index contributed by atoms with van der Waals surface area (Å²) in [7, 11) is -0.552. The lowest BCUT2D eigenvalue weighted by Crippen LogP contribution is -2.22. The summed E-state index contributed by atoms with van der Waals surface area (Å²) in [6.45, 7) is 0. The number of nitrogen functional groups attached to an aromatic ring is 1. The van der Waals surface area contributed by atoms with Crippen LogP contribution in [-0.2, 0) is 10.0 Å². The summed E-state index contributed by atoms with van der Waals surface area (Å²) in [4.78, 5) is 4.20. The zero-order valence-electron chi connectivity index (χ0n) is 11.5. The number of rotatable bonds is 4. The van der Waals surface area contributed by atoms with Gasteiger partial charge in [-0.25, -0.2) is 17.7 Å². The molecule has 0 saturated carbocycles. The molecule has 1 aromatic carbocycles. The number of nitrogens with two attached hydrogens (primary N) is 1. The molecule has 0 bridgehead atoms. The summed E-state index contributed by atoms with van der Waals surface area (Å²) >= 11 is 6.04. The summed E-state index contributed by atoms with van der Waals surface area (Å²) in [6.07, 6.45) is 1.29. The third kappa shape index (κ3) is 3.44. The first kappa shape index (κ1) is 15.6. The molecule has 2 aromatic rings. The molecule has 6 nitrogen and oxygen atoms in total. The van der Waals surface area contributed by atoms with Crippen molar-refractivity contribution in [2.75, 3.05) is 25.1 Å². The van der Waals surface area contributed by atoms with Gasteiger partial charge in [0.05, 0.1) is 10.7 Å². The van der Waals surface area contributed by atoms with Crippen LogP contribution >= 0.6 is 11.6 Å². The van der Waals surface area contributed by atoms with Crippen molar-refractivity contribution in [3.8, 4) is 0 Å². The van der Waals surface area contributed by atoms with Crippen LogP contribution in [0.1, 0.15) is 0 Å². The van der Waals surface area contributed by atoms with Crippen LogP contribution in [0.15, 0.2) is 41.4 Å². The largest absolute Gasteiger partial charge is 0.399 e. The summed E-state index contributed by atoms with van der Waals surface area (Å²) in [5.41, 5.74) is 6.86. The number of sulfonamides is 1. The lowest BCUT2D eigenvalue weighted by Gasteiger charge is -2.12. The fraction of sp³-hybridized carbons (Fsp3) is 0.154. The number of aromatic nitrogens is 1. The lowest BCUT2D eigenvalue weighted by molar-refractivity contribution is 0.520. The summed E-state index contributed by atoms with van der Waals surface area (Å²) in [5, 5.41) is 3.49. The van der Waals surface area contributed by atoms with Gasteiger partial charge < -0.3 is 11.1 Å². The highest BCUT2D eigenvalue weighted by molar-refractivity contribution is 7.89. The molecular weight excluding hydrogens is 312 g/mol. The van der Waals surface area contributed by atoms with Crippen molar-refractivity contribution in [2.45, 2.75) is 4.90 Å². The average Bonchev–Trinajstić information content (AvgIpc) is 2.43. The molecule has 0 aliphatic rings. The first-order valence-electron chi connectivity index (χ1n) is 6.01. The van der Waals surface area contributed by atoms with Crippen LogP contribution in [0.2, 0.25) is 5.02 Å². The van der Waals surface area contributed by atoms with Crippen LogP contribution in [0.25, 0.3) is 0 Å². The van der Waals surface area contributed by atoms with Gasteiger partial charge in [-0.15, -0.1) is 0 Å². The third-order valence-electron chi connectivity index (χ3n) is 2.77. The smallest absolute Gasteiger partial charge is 0.244 e. The minimum atomic E-state index is -3.48. The Labute approximate surface area is 128 Å². The number of benzene rings is 1. The second-order valence-corrected chi connectivity index (χ2v) is 7.09. The van der Waals surface area contributed by atoms with Crippen LogP contribution in [0.3, 0.4) is 0 Å². The normalized spacial score (nSPS) is 11.6. The first-order valence-corrected chi connectivity index (χ1v) is 7.83. The van der Waals surface area contributed by atoms with E-state index in [9.17, 15) is 8.42 Å². The maximum atomic E-state index is 11.9. The zero-order valence-corrected chi connectivity index (χ0v) is 13.1. The van der Waals surface area contributed by atoms with Gasteiger partial charge in [-0.2, -0.15) is 0 Å². The molecule has 3 N–H and O–H groups in total. The molecular formula is C13H15ClN4O2S. The Kier molecular flexibility index (Phi) is 4.36. The second kappa shape index (κ2) is 5.88. The molecule has 0 aliphatic carbocycles. The van der Waals surface area contributed by atoms with E-state index >= 15 is 0 Å². The van der Waals surface area contributed by atoms with E-state index in [-0.39, 0.29) is 4.90 Å². The first-order chi connectivity index (χ1) is 9.80. The number of hydrogen-bond donors (Lipinski definition) is 2. The van der Waals surface area contributed by atoms with Gasteiger partial charge >= 0.3 is 0 Å². The Morgan fingerprint density at radius 1 is 1.24 bits per heavy atom. The molecule has 21 heavy (non-hydrogen) atoms. The average molecular weight is 327 g/mol. The molecule has 0 spiro atoms. The maximum absolute atomic E-state index is 11.9. The summed E-state index contributed by atoms with van der Waals surface area (Å²) in [5.74, 6) is 0.472. The molecule has 0 amide bonds. The highest BCUT2D eigenvalue weighted by Gasteiger charge is 2.17. The van der Waals surface area contributed by atoms with Crippen molar-refractivity contribution >= 4 is 38.8 Å². The van der Waals surface area contributed by atoms with Gasteiger partial charge in [-0.1, -0.05) is 11.6 Å². The highest BCUT2D eigenvalue weighted by atomic mass is 35.5. The van der Waals surface area contributed by atoms with Gasteiger partial charge in [0.25, 0.3) is 0 Å². The topological polar surface area (TPSA) is 88.3 Å². The van der Waals surface area contributed by atoms with E-state index in [0.717, 1.165) is 4.31 Å². The predicted molar refractivity (Wildman–Crippen MR) is 84.3 cm³/mol. The number of halogens is 1. The Morgan fingerprint density at radius 2 is 1.95 bits per heavy atom. The molecule has 8 heteroatoms. The Hall–Kier alpha value is -1.83. The zero-order chi connectivity index (χ0) is 15.6. The monoisotopic (exact) mass is 326 g/mol. The fourth-order valence-electron chi connectivity index (χ4n) is 1.59. The van der Waals surface area contributed by atoms with E-state index in [4.69, 9.17) is 17.3 Å². The Morgan fingerprint density at radius 3 is 2.52 bits per heavy atom. The van der Waals surface area contributed by atoms with Gasteiger partial charge in [0.15, 0.2) is 0 Å². The molecule has 0 unspecified atom stereocenters. The molecule has 0 saturated heterocycles. The molecule has 0 aliphatic heterocycles.